The third-order valence-electron chi connectivity index (χ3n) is 1.05. The molecule has 4 heteroatoms. The summed E-state index contributed by atoms with van der Waals surface area (Å²) in [5.74, 6) is 1.56. The predicted octanol–water partition coefficient (Wildman–Crippen LogP) is -0.102. The highest BCUT2D eigenvalue weighted by atomic mass is 16.5. The molecule has 10 heavy (non-hydrogen) atoms. The van der Waals surface area contributed by atoms with Crippen LogP contribution in [0.15, 0.2) is 21.7 Å². The van der Waals surface area contributed by atoms with Crippen LogP contribution in [0.4, 0.5) is 0 Å². The van der Waals surface area contributed by atoms with Crippen LogP contribution in [0, 0.1) is 0 Å². The molecule has 1 aromatic rings. The normalized spacial score (nSPS) is 8.80. The van der Waals surface area contributed by atoms with Crippen LogP contribution in [-0.2, 0) is 11.2 Å². The summed E-state index contributed by atoms with van der Waals surface area (Å²) < 4.78 is 4.46. The molecule has 1 rings (SSSR count). The number of aromatic amines is 1. The molecule has 1 N–H and O–H groups in total. The molecule has 0 amide bonds. The lowest BCUT2D eigenvalue weighted by atomic mass is 10.2. The maximum absolute atomic E-state index is 10.6. The van der Waals surface area contributed by atoms with E-state index in [4.69, 9.17) is 0 Å². The fourth-order valence-electron chi connectivity index (χ4n) is 0.566. The monoisotopic (exact) mass is 139 g/mol. The van der Waals surface area contributed by atoms with E-state index in [-0.39, 0.29) is 12.0 Å². The van der Waals surface area contributed by atoms with E-state index in [9.17, 15) is 9.59 Å². The molecule has 0 saturated carbocycles. The summed E-state index contributed by atoms with van der Waals surface area (Å²) in [6.45, 7) is 0. The molecule has 0 aliphatic rings. The van der Waals surface area contributed by atoms with Crippen molar-refractivity contribution in [2.75, 3.05) is 0 Å². The van der Waals surface area contributed by atoms with Gasteiger partial charge < -0.3 is 4.52 Å². The summed E-state index contributed by atoms with van der Waals surface area (Å²) >= 11 is 0. The van der Waals surface area contributed by atoms with E-state index < -0.39 is 0 Å². The van der Waals surface area contributed by atoms with E-state index in [0.717, 1.165) is 0 Å². The zero-order valence-electron chi connectivity index (χ0n) is 5.09. The predicted molar refractivity (Wildman–Crippen MR) is 33.3 cm³/mol. The van der Waals surface area contributed by atoms with Gasteiger partial charge in [-0.2, -0.15) is 5.16 Å². The Morgan fingerprint density at radius 1 is 1.80 bits per heavy atom. The average molecular weight is 139 g/mol. The Kier molecular flexibility index (Phi) is 1.87. The molecule has 0 bridgehead atoms. The summed E-state index contributed by atoms with van der Waals surface area (Å²) in [7, 11) is 0. The van der Waals surface area contributed by atoms with Crippen LogP contribution in [0.2, 0.25) is 0 Å². The van der Waals surface area contributed by atoms with Gasteiger partial charge in [-0.25, -0.2) is 4.79 Å². The minimum atomic E-state index is -0.300. The van der Waals surface area contributed by atoms with Gasteiger partial charge in [0, 0.05) is 12.5 Å². The fourth-order valence-corrected chi connectivity index (χ4v) is 0.566. The van der Waals surface area contributed by atoms with Crippen molar-refractivity contribution in [1.82, 2.24) is 5.16 Å². The van der Waals surface area contributed by atoms with E-state index in [2.05, 4.69) is 9.68 Å². The minimum absolute atomic E-state index is 0.273. The third kappa shape index (κ3) is 1.24. The fraction of sp³-hybridized carbons (Fsp3) is 0.167. The highest BCUT2D eigenvalue weighted by Crippen LogP contribution is 1.89. The minimum Gasteiger partial charge on any atom is -0.387 e. The van der Waals surface area contributed by atoms with Crippen LogP contribution in [0.1, 0.15) is 5.56 Å². The Labute approximate surface area is 56.1 Å². The highest BCUT2D eigenvalue weighted by molar-refractivity contribution is 5.45. The number of allylic oxidation sites excluding steroid dienone is 1. The molecule has 0 saturated heterocycles. The van der Waals surface area contributed by atoms with Crippen molar-refractivity contribution in [3.63, 3.8) is 0 Å². The van der Waals surface area contributed by atoms with Gasteiger partial charge in [0.15, 0.2) is 0 Å². The van der Waals surface area contributed by atoms with Crippen molar-refractivity contribution in [2.45, 2.75) is 6.42 Å². The van der Waals surface area contributed by atoms with Crippen LogP contribution in [0.5, 0.6) is 0 Å². The smallest absolute Gasteiger partial charge is 0.283 e. The summed E-state index contributed by atoms with van der Waals surface area (Å²) in [4.78, 5) is 20.3. The quantitative estimate of drug-likeness (QED) is 0.582. The standard InChI is InChI=1S/C6H5NO3/c8-3-1-2-5-4-10-7-6(5)9/h1,4H,2H2,(H,7,9). The zero-order chi connectivity index (χ0) is 7.40. The van der Waals surface area contributed by atoms with Crippen molar-refractivity contribution in [1.29, 1.82) is 0 Å². The molecule has 1 aromatic heterocycles. The van der Waals surface area contributed by atoms with Gasteiger partial charge >= 0.3 is 0 Å². The molecule has 0 aromatic carbocycles. The van der Waals surface area contributed by atoms with E-state index in [1.165, 1.54) is 12.3 Å². The van der Waals surface area contributed by atoms with E-state index in [1.807, 2.05) is 0 Å². The molecule has 0 atom stereocenters. The van der Waals surface area contributed by atoms with E-state index in [0.29, 0.717) is 5.56 Å². The number of hydrogen-bond donors (Lipinski definition) is 1. The molecule has 4 nitrogen and oxygen atoms in total. The molecule has 52 valence electrons. The van der Waals surface area contributed by atoms with Crippen LogP contribution in [0.3, 0.4) is 0 Å². The summed E-state index contributed by atoms with van der Waals surface area (Å²) in [6.07, 6.45) is 2.77. The molecule has 0 radical (unpaired) electrons. The Morgan fingerprint density at radius 3 is 3.10 bits per heavy atom. The van der Waals surface area contributed by atoms with E-state index in [1.54, 1.807) is 5.94 Å². The Hall–Kier alpha value is -1.54. The van der Waals surface area contributed by atoms with Crippen molar-refractivity contribution in [2.24, 2.45) is 0 Å². The lowest BCUT2D eigenvalue weighted by molar-refractivity contribution is 0.413. The van der Waals surface area contributed by atoms with Crippen LogP contribution in [0.25, 0.3) is 0 Å². The van der Waals surface area contributed by atoms with Gasteiger partial charge in [-0.05, 0) is 0 Å². The second-order valence-corrected chi connectivity index (χ2v) is 1.72. The molecular weight excluding hydrogens is 134 g/mol. The summed E-state index contributed by atoms with van der Waals surface area (Å²) in [5, 5.41) is 2.10. The number of aromatic nitrogens is 1. The highest BCUT2D eigenvalue weighted by Gasteiger charge is 1.97. The van der Waals surface area contributed by atoms with Crippen molar-refractivity contribution in [3.05, 3.63) is 28.3 Å². The zero-order valence-corrected chi connectivity index (χ0v) is 5.09. The van der Waals surface area contributed by atoms with Crippen LogP contribution < -0.4 is 5.56 Å². The van der Waals surface area contributed by atoms with Crippen molar-refractivity contribution < 1.29 is 9.32 Å². The number of hydrogen-bond acceptors (Lipinski definition) is 3. The second-order valence-electron chi connectivity index (χ2n) is 1.72. The first-order valence-electron chi connectivity index (χ1n) is 2.69. The third-order valence-corrected chi connectivity index (χ3v) is 1.05. The van der Waals surface area contributed by atoms with Crippen molar-refractivity contribution >= 4 is 5.94 Å². The maximum Gasteiger partial charge on any atom is 0.283 e. The van der Waals surface area contributed by atoms with Gasteiger partial charge in [0.05, 0.1) is 5.56 Å². The molecule has 0 aliphatic heterocycles. The van der Waals surface area contributed by atoms with Gasteiger partial charge in [0.1, 0.15) is 12.2 Å². The first kappa shape index (κ1) is 6.58. The lowest BCUT2D eigenvalue weighted by Crippen LogP contribution is -2.03. The first-order chi connectivity index (χ1) is 4.84. The van der Waals surface area contributed by atoms with Gasteiger partial charge in [0.25, 0.3) is 5.56 Å². The van der Waals surface area contributed by atoms with E-state index >= 15 is 0 Å². The largest absolute Gasteiger partial charge is 0.387 e. The summed E-state index contributed by atoms with van der Waals surface area (Å²) in [6, 6.07) is 0. The Bertz CT molecular complexity index is 303. The van der Waals surface area contributed by atoms with Gasteiger partial charge in [-0.3, -0.25) is 4.79 Å². The van der Waals surface area contributed by atoms with Crippen LogP contribution >= 0.6 is 0 Å². The molecule has 0 unspecified atom stereocenters. The number of nitrogens with one attached hydrogen (secondary N) is 1. The van der Waals surface area contributed by atoms with Gasteiger partial charge in [-0.1, -0.05) is 0 Å². The Balaban J connectivity index is 2.84. The van der Waals surface area contributed by atoms with Gasteiger partial charge in [-0.15, -0.1) is 0 Å². The van der Waals surface area contributed by atoms with Gasteiger partial charge in [0.2, 0.25) is 0 Å². The van der Waals surface area contributed by atoms with Crippen LogP contribution in [-0.4, -0.2) is 11.1 Å². The lowest BCUT2D eigenvalue weighted by Gasteiger charge is -1.76. The number of rotatable bonds is 2. The first-order valence-corrected chi connectivity index (χ1v) is 2.69. The van der Waals surface area contributed by atoms with Crippen molar-refractivity contribution in [3.8, 4) is 0 Å². The SMILES string of the molecule is O=C=CCc1co[nH]c1=O. The number of carbonyl (C=O) groups excluding carboxylic acids is 1. The molecule has 0 spiro atoms. The second kappa shape index (κ2) is 2.85. The summed E-state index contributed by atoms with van der Waals surface area (Å²) in [5.41, 5.74) is 0.134. The maximum atomic E-state index is 10.6. The topological polar surface area (TPSA) is 63.1 Å². The Morgan fingerprint density at radius 2 is 2.60 bits per heavy atom. The molecule has 0 aliphatic carbocycles. The molecule has 0 fully saturated rings. The molecule has 1 heterocycles. The average Bonchev–Trinajstić information content (AvgIpc) is 2.31. The number of H-pyrrole nitrogens is 1. The molecular formula is C6H5NO3.